The fraction of sp³-hybridized carbons (Fsp3) is 0.333. The van der Waals surface area contributed by atoms with Crippen molar-refractivity contribution in [1.29, 1.82) is 0 Å². The van der Waals surface area contributed by atoms with E-state index in [1.165, 1.54) is 5.56 Å². The number of rotatable bonds is 5. The average molecular weight is 352 g/mol. The van der Waals surface area contributed by atoms with Crippen molar-refractivity contribution in [1.82, 2.24) is 9.97 Å². The van der Waals surface area contributed by atoms with Gasteiger partial charge in [-0.1, -0.05) is 28.9 Å². The first-order valence-corrected chi connectivity index (χ1v) is 8.20. The molecule has 1 heterocycles. The highest BCUT2D eigenvalue weighted by atomic mass is 79.9. The van der Waals surface area contributed by atoms with Gasteiger partial charge in [0.1, 0.15) is 0 Å². The molecule has 1 atom stereocenters. The average Bonchev–Trinajstić information content (AvgIpc) is 2.44. The molecule has 1 unspecified atom stereocenters. The molecule has 0 aliphatic carbocycles. The van der Waals surface area contributed by atoms with Gasteiger partial charge in [0, 0.05) is 27.8 Å². The minimum atomic E-state index is 0.213. The number of halogens is 1. The maximum Gasteiger partial charge on any atom is 0.192 e. The van der Waals surface area contributed by atoms with E-state index in [0.717, 1.165) is 32.9 Å². The standard InChI is InChI=1S/C15H18BrN3S/c1-3-12(17)6-11-4-5-13(7-14(11)16)20-15-18-8-10(2)9-19-15/h4-5,7-9,12H,3,6,17H2,1-2H3. The van der Waals surface area contributed by atoms with Crippen LogP contribution in [0.2, 0.25) is 0 Å². The molecule has 5 heteroatoms. The Balaban J connectivity index is 2.10. The van der Waals surface area contributed by atoms with Gasteiger partial charge in [-0.05, 0) is 54.8 Å². The monoisotopic (exact) mass is 351 g/mol. The molecule has 0 spiro atoms. The zero-order chi connectivity index (χ0) is 14.5. The number of nitrogens with zero attached hydrogens (tertiary/aromatic N) is 2. The summed E-state index contributed by atoms with van der Waals surface area (Å²) in [5.74, 6) is 0. The quantitative estimate of drug-likeness (QED) is 0.827. The van der Waals surface area contributed by atoms with Gasteiger partial charge in [-0.2, -0.15) is 0 Å². The maximum atomic E-state index is 6.00. The largest absolute Gasteiger partial charge is 0.327 e. The number of hydrogen-bond donors (Lipinski definition) is 1. The van der Waals surface area contributed by atoms with Crippen LogP contribution in [0.4, 0.5) is 0 Å². The molecule has 20 heavy (non-hydrogen) atoms. The lowest BCUT2D eigenvalue weighted by atomic mass is 10.1. The Hall–Kier alpha value is -0.910. The van der Waals surface area contributed by atoms with Gasteiger partial charge >= 0.3 is 0 Å². The first kappa shape index (κ1) is 15.5. The number of hydrogen-bond acceptors (Lipinski definition) is 4. The van der Waals surface area contributed by atoms with Gasteiger partial charge in [0.25, 0.3) is 0 Å². The van der Waals surface area contributed by atoms with Crippen LogP contribution in [0.3, 0.4) is 0 Å². The smallest absolute Gasteiger partial charge is 0.192 e. The topological polar surface area (TPSA) is 51.8 Å². The summed E-state index contributed by atoms with van der Waals surface area (Å²) < 4.78 is 1.10. The Morgan fingerprint density at radius 3 is 2.60 bits per heavy atom. The Kier molecular flexibility index (Phi) is 5.57. The molecule has 0 aliphatic heterocycles. The van der Waals surface area contributed by atoms with Gasteiger partial charge in [-0.15, -0.1) is 0 Å². The predicted molar refractivity (Wildman–Crippen MR) is 87.0 cm³/mol. The van der Waals surface area contributed by atoms with E-state index < -0.39 is 0 Å². The molecule has 0 bridgehead atoms. The molecule has 0 radical (unpaired) electrons. The summed E-state index contributed by atoms with van der Waals surface area (Å²) in [6.45, 7) is 4.09. The van der Waals surface area contributed by atoms with Crippen LogP contribution in [-0.4, -0.2) is 16.0 Å². The molecular weight excluding hydrogens is 334 g/mol. The molecule has 3 nitrogen and oxygen atoms in total. The Bertz CT molecular complexity index is 572. The lowest BCUT2D eigenvalue weighted by Crippen LogP contribution is -2.21. The minimum absolute atomic E-state index is 0.213. The van der Waals surface area contributed by atoms with Crippen LogP contribution in [0.1, 0.15) is 24.5 Å². The zero-order valence-electron chi connectivity index (χ0n) is 11.6. The maximum absolute atomic E-state index is 6.00. The van der Waals surface area contributed by atoms with E-state index in [1.54, 1.807) is 11.8 Å². The van der Waals surface area contributed by atoms with Gasteiger partial charge < -0.3 is 5.73 Å². The van der Waals surface area contributed by atoms with Gasteiger partial charge in [0.05, 0.1) is 0 Å². The van der Waals surface area contributed by atoms with Gasteiger partial charge in [0.15, 0.2) is 5.16 Å². The van der Waals surface area contributed by atoms with Crippen molar-refractivity contribution in [3.05, 3.63) is 46.2 Å². The van der Waals surface area contributed by atoms with Gasteiger partial charge in [-0.25, -0.2) is 9.97 Å². The Morgan fingerprint density at radius 1 is 1.30 bits per heavy atom. The van der Waals surface area contributed by atoms with Crippen molar-refractivity contribution >= 4 is 27.7 Å². The van der Waals surface area contributed by atoms with Crippen molar-refractivity contribution in [3.63, 3.8) is 0 Å². The van der Waals surface area contributed by atoms with Gasteiger partial charge in [-0.3, -0.25) is 0 Å². The van der Waals surface area contributed by atoms with Crippen LogP contribution in [0, 0.1) is 6.92 Å². The van der Waals surface area contributed by atoms with Crippen LogP contribution >= 0.6 is 27.7 Å². The lowest BCUT2D eigenvalue weighted by Gasteiger charge is -2.11. The molecular formula is C15H18BrN3S. The van der Waals surface area contributed by atoms with Crippen LogP contribution < -0.4 is 5.73 Å². The Morgan fingerprint density at radius 2 is 2.00 bits per heavy atom. The molecule has 1 aromatic carbocycles. The van der Waals surface area contributed by atoms with Crippen molar-refractivity contribution < 1.29 is 0 Å². The highest BCUT2D eigenvalue weighted by Gasteiger charge is 2.07. The molecule has 1 aromatic heterocycles. The fourth-order valence-electron chi connectivity index (χ4n) is 1.72. The molecule has 0 fully saturated rings. The summed E-state index contributed by atoms with van der Waals surface area (Å²) in [7, 11) is 0. The van der Waals surface area contributed by atoms with Crippen molar-refractivity contribution in [2.75, 3.05) is 0 Å². The second kappa shape index (κ2) is 7.20. The first-order valence-electron chi connectivity index (χ1n) is 6.59. The van der Waals surface area contributed by atoms with E-state index in [2.05, 4.69) is 51.0 Å². The molecule has 0 amide bonds. The third-order valence-corrected chi connectivity index (χ3v) is 4.62. The van der Waals surface area contributed by atoms with E-state index in [9.17, 15) is 0 Å². The SMILES string of the molecule is CCC(N)Cc1ccc(Sc2ncc(C)cn2)cc1Br. The molecule has 0 saturated heterocycles. The zero-order valence-corrected chi connectivity index (χ0v) is 14.0. The number of nitrogens with two attached hydrogens (primary N) is 1. The first-order chi connectivity index (χ1) is 9.58. The third-order valence-electron chi connectivity index (χ3n) is 3.00. The van der Waals surface area contributed by atoms with Crippen molar-refractivity contribution in [2.24, 2.45) is 5.73 Å². The normalized spacial score (nSPS) is 12.4. The number of aromatic nitrogens is 2. The van der Waals surface area contributed by atoms with Crippen LogP contribution in [0.25, 0.3) is 0 Å². The molecule has 2 rings (SSSR count). The van der Waals surface area contributed by atoms with Crippen LogP contribution in [0.5, 0.6) is 0 Å². The van der Waals surface area contributed by atoms with E-state index in [-0.39, 0.29) is 6.04 Å². The predicted octanol–water partition coefficient (Wildman–Crippen LogP) is 3.98. The summed E-state index contributed by atoms with van der Waals surface area (Å²) in [5, 5.41) is 0.764. The summed E-state index contributed by atoms with van der Waals surface area (Å²) >= 11 is 5.18. The second-order valence-corrected chi connectivity index (χ2v) is 6.67. The lowest BCUT2D eigenvalue weighted by molar-refractivity contribution is 0.645. The molecule has 0 saturated carbocycles. The highest BCUT2D eigenvalue weighted by molar-refractivity contribution is 9.10. The van der Waals surface area contributed by atoms with E-state index in [1.807, 2.05) is 19.3 Å². The summed E-state index contributed by atoms with van der Waals surface area (Å²) in [6, 6.07) is 6.53. The van der Waals surface area contributed by atoms with E-state index >= 15 is 0 Å². The number of aryl methyl sites for hydroxylation is 1. The number of benzene rings is 1. The molecule has 2 N–H and O–H groups in total. The molecule has 0 aliphatic rings. The van der Waals surface area contributed by atoms with Gasteiger partial charge in [0.2, 0.25) is 0 Å². The molecule has 106 valence electrons. The van der Waals surface area contributed by atoms with Crippen molar-refractivity contribution in [2.45, 2.75) is 42.8 Å². The third kappa shape index (κ3) is 4.30. The highest BCUT2D eigenvalue weighted by Crippen LogP contribution is 2.29. The fourth-order valence-corrected chi connectivity index (χ4v) is 3.15. The van der Waals surface area contributed by atoms with Crippen molar-refractivity contribution in [3.8, 4) is 0 Å². The van der Waals surface area contributed by atoms with E-state index in [4.69, 9.17) is 5.73 Å². The summed E-state index contributed by atoms with van der Waals surface area (Å²) in [5.41, 5.74) is 8.32. The minimum Gasteiger partial charge on any atom is -0.327 e. The molecule has 2 aromatic rings. The van der Waals surface area contributed by atoms with Crippen LogP contribution in [0.15, 0.2) is 45.1 Å². The second-order valence-electron chi connectivity index (χ2n) is 4.77. The van der Waals surface area contributed by atoms with E-state index in [0.29, 0.717) is 0 Å². The summed E-state index contributed by atoms with van der Waals surface area (Å²) in [4.78, 5) is 9.73. The Labute approximate surface area is 132 Å². The summed E-state index contributed by atoms with van der Waals surface area (Å²) in [6.07, 6.45) is 5.54. The van der Waals surface area contributed by atoms with Crippen LogP contribution in [-0.2, 0) is 6.42 Å².